The first-order valence-electron chi connectivity index (χ1n) is 5.45. The summed E-state index contributed by atoms with van der Waals surface area (Å²) in [5.41, 5.74) is 0.607. The molecule has 0 radical (unpaired) electrons. The van der Waals surface area contributed by atoms with Crippen LogP contribution in [0.4, 0.5) is 0 Å². The maximum atomic E-state index is 9.33. The average molecular weight is 281 g/mol. The molecule has 2 rings (SSSR count). The fourth-order valence-corrected chi connectivity index (χ4v) is 2.36. The summed E-state index contributed by atoms with van der Waals surface area (Å²) in [5, 5.41) is 9.84. The van der Waals surface area contributed by atoms with Gasteiger partial charge in [0.15, 0.2) is 0 Å². The molecule has 0 aromatic heterocycles. The molecule has 0 unspecified atom stereocenters. The molecule has 0 bridgehead atoms. The van der Waals surface area contributed by atoms with Gasteiger partial charge in [-0.1, -0.05) is 29.8 Å². The van der Waals surface area contributed by atoms with Crippen LogP contribution in [0.3, 0.4) is 0 Å². The molecule has 0 saturated heterocycles. The lowest BCUT2D eigenvalue weighted by atomic mass is 10.2. The Labute approximate surface area is 116 Å². The van der Waals surface area contributed by atoms with Crippen molar-refractivity contribution in [2.45, 2.75) is 11.5 Å². The highest BCUT2D eigenvalue weighted by Crippen LogP contribution is 2.34. The van der Waals surface area contributed by atoms with E-state index >= 15 is 0 Å². The van der Waals surface area contributed by atoms with Crippen LogP contribution in [0.5, 0.6) is 11.5 Å². The summed E-state index contributed by atoms with van der Waals surface area (Å²) in [7, 11) is 0. The highest BCUT2D eigenvalue weighted by molar-refractivity contribution is 7.98. The third kappa shape index (κ3) is 2.80. The minimum atomic E-state index is -0.142. The van der Waals surface area contributed by atoms with Crippen molar-refractivity contribution in [1.82, 2.24) is 0 Å². The van der Waals surface area contributed by atoms with Gasteiger partial charge in [0.05, 0.1) is 6.61 Å². The third-order valence-electron chi connectivity index (χ3n) is 2.52. The Balaban J connectivity index is 2.37. The van der Waals surface area contributed by atoms with Crippen LogP contribution in [-0.2, 0) is 6.61 Å². The lowest BCUT2D eigenvalue weighted by molar-refractivity contribution is 0.276. The number of benzene rings is 2. The Morgan fingerprint density at radius 2 is 1.83 bits per heavy atom. The average Bonchev–Trinajstić information content (AvgIpc) is 2.40. The summed E-state index contributed by atoms with van der Waals surface area (Å²) in [6.45, 7) is -0.142. The number of hydrogen-bond acceptors (Lipinski definition) is 3. The van der Waals surface area contributed by atoms with Gasteiger partial charge in [0.25, 0.3) is 0 Å². The fourth-order valence-electron chi connectivity index (χ4n) is 1.61. The van der Waals surface area contributed by atoms with Crippen molar-refractivity contribution in [3.63, 3.8) is 0 Å². The minimum absolute atomic E-state index is 0.142. The van der Waals surface area contributed by atoms with Gasteiger partial charge in [-0.15, -0.1) is 11.8 Å². The van der Waals surface area contributed by atoms with Crippen LogP contribution in [-0.4, -0.2) is 11.4 Å². The molecule has 0 amide bonds. The molecule has 4 heteroatoms. The van der Waals surface area contributed by atoms with E-state index in [0.717, 1.165) is 10.6 Å². The quantitative estimate of drug-likeness (QED) is 0.845. The Hall–Kier alpha value is -1.16. The largest absolute Gasteiger partial charge is 0.456 e. The van der Waals surface area contributed by atoms with E-state index in [9.17, 15) is 5.11 Å². The van der Waals surface area contributed by atoms with Gasteiger partial charge < -0.3 is 9.84 Å². The predicted octanol–water partition coefficient (Wildman–Crippen LogP) is 4.35. The molecule has 1 N–H and O–H groups in total. The molecule has 0 spiro atoms. The van der Waals surface area contributed by atoms with Crippen molar-refractivity contribution in [2.75, 3.05) is 6.26 Å². The van der Waals surface area contributed by atoms with Gasteiger partial charge in [-0.3, -0.25) is 0 Å². The van der Waals surface area contributed by atoms with E-state index in [0.29, 0.717) is 16.3 Å². The van der Waals surface area contributed by atoms with E-state index in [4.69, 9.17) is 16.3 Å². The van der Waals surface area contributed by atoms with Gasteiger partial charge in [-0.25, -0.2) is 0 Å². The lowest BCUT2D eigenvalue weighted by Gasteiger charge is -2.13. The van der Waals surface area contributed by atoms with Crippen molar-refractivity contribution < 1.29 is 9.84 Å². The van der Waals surface area contributed by atoms with Crippen molar-refractivity contribution >= 4 is 23.4 Å². The lowest BCUT2D eigenvalue weighted by Crippen LogP contribution is -1.93. The van der Waals surface area contributed by atoms with E-state index in [-0.39, 0.29) is 6.61 Å². The number of aliphatic hydroxyl groups is 1. The van der Waals surface area contributed by atoms with Crippen LogP contribution in [0.2, 0.25) is 5.02 Å². The Morgan fingerprint density at radius 1 is 1.11 bits per heavy atom. The first kappa shape index (κ1) is 13.3. The first-order valence-corrected chi connectivity index (χ1v) is 7.05. The molecule has 0 atom stereocenters. The van der Waals surface area contributed by atoms with E-state index in [2.05, 4.69) is 0 Å². The van der Waals surface area contributed by atoms with E-state index < -0.39 is 0 Å². The van der Waals surface area contributed by atoms with Crippen LogP contribution in [0.25, 0.3) is 0 Å². The van der Waals surface area contributed by atoms with Gasteiger partial charge >= 0.3 is 0 Å². The second kappa shape index (κ2) is 6.14. The van der Waals surface area contributed by atoms with E-state index in [1.807, 2.05) is 30.5 Å². The molecule has 0 aliphatic heterocycles. The highest BCUT2D eigenvalue weighted by Gasteiger charge is 2.10. The zero-order chi connectivity index (χ0) is 13.0. The molecule has 2 aromatic carbocycles. The Morgan fingerprint density at radius 3 is 2.56 bits per heavy atom. The van der Waals surface area contributed by atoms with Crippen LogP contribution in [0.1, 0.15) is 5.56 Å². The SMILES string of the molecule is CSc1ccccc1Oc1cccc(Cl)c1CO. The summed E-state index contributed by atoms with van der Waals surface area (Å²) >= 11 is 7.64. The number of hydrogen-bond donors (Lipinski definition) is 1. The molecule has 18 heavy (non-hydrogen) atoms. The zero-order valence-corrected chi connectivity index (χ0v) is 11.5. The van der Waals surface area contributed by atoms with Crippen molar-refractivity contribution in [3.8, 4) is 11.5 Å². The number of para-hydroxylation sites is 1. The van der Waals surface area contributed by atoms with Crippen molar-refractivity contribution in [2.24, 2.45) is 0 Å². The van der Waals surface area contributed by atoms with Crippen molar-refractivity contribution in [3.05, 3.63) is 53.1 Å². The molecule has 0 fully saturated rings. The number of thioether (sulfide) groups is 1. The number of aliphatic hydroxyl groups excluding tert-OH is 1. The predicted molar refractivity (Wildman–Crippen MR) is 75.7 cm³/mol. The standard InChI is InChI=1S/C14H13ClO2S/c1-18-14-8-3-2-6-13(14)17-12-7-4-5-11(15)10(12)9-16/h2-8,16H,9H2,1H3. The molecule has 94 valence electrons. The molecule has 2 aromatic rings. The Kier molecular flexibility index (Phi) is 4.53. The number of ether oxygens (including phenoxy) is 1. The first-order chi connectivity index (χ1) is 8.76. The molecular weight excluding hydrogens is 268 g/mol. The molecule has 0 heterocycles. The van der Waals surface area contributed by atoms with Gasteiger partial charge in [-0.2, -0.15) is 0 Å². The maximum Gasteiger partial charge on any atom is 0.140 e. The topological polar surface area (TPSA) is 29.5 Å². The highest BCUT2D eigenvalue weighted by atomic mass is 35.5. The van der Waals surface area contributed by atoms with E-state index in [1.54, 1.807) is 30.0 Å². The summed E-state index contributed by atoms with van der Waals surface area (Å²) < 4.78 is 5.84. The molecule has 0 aliphatic rings. The summed E-state index contributed by atoms with van der Waals surface area (Å²) in [6.07, 6.45) is 1.99. The summed E-state index contributed by atoms with van der Waals surface area (Å²) in [4.78, 5) is 1.04. The van der Waals surface area contributed by atoms with Crippen LogP contribution in [0, 0.1) is 0 Å². The number of rotatable bonds is 4. The van der Waals surface area contributed by atoms with Gasteiger partial charge in [0.2, 0.25) is 0 Å². The van der Waals surface area contributed by atoms with Gasteiger partial charge in [-0.05, 0) is 30.5 Å². The van der Waals surface area contributed by atoms with Crippen LogP contribution < -0.4 is 4.74 Å². The summed E-state index contributed by atoms with van der Waals surface area (Å²) in [6, 6.07) is 13.1. The van der Waals surface area contributed by atoms with Crippen LogP contribution in [0.15, 0.2) is 47.4 Å². The second-order valence-electron chi connectivity index (χ2n) is 3.63. The second-order valence-corrected chi connectivity index (χ2v) is 4.88. The smallest absolute Gasteiger partial charge is 0.140 e. The van der Waals surface area contributed by atoms with Crippen LogP contribution >= 0.6 is 23.4 Å². The fraction of sp³-hybridized carbons (Fsp3) is 0.143. The molecule has 2 nitrogen and oxygen atoms in total. The molecule has 0 aliphatic carbocycles. The van der Waals surface area contributed by atoms with Crippen molar-refractivity contribution in [1.29, 1.82) is 0 Å². The Bertz CT molecular complexity index is 543. The monoisotopic (exact) mass is 280 g/mol. The molecular formula is C14H13ClO2S. The zero-order valence-electron chi connectivity index (χ0n) is 9.89. The summed E-state index contributed by atoms with van der Waals surface area (Å²) in [5.74, 6) is 1.36. The van der Waals surface area contributed by atoms with Gasteiger partial charge in [0.1, 0.15) is 11.5 Å². The maximum absolute atomic E-state index is 9.33. The normalized spacial score (nSPS) is 10.4. The molecule has 0 saturated carbocycles. The third-order valence-corrected chi connectivity index (χ3v) is 3.65. The minimum Gasteiger partial charge on any atom is -0.456 e. The van der Waals surface area contributed by atoms with E-state index in [1.165, 1.54) is 0 Å². The van der Waals surface area contributed by atoms with Gasteiger partial charge in [0, 0.05) is 15.5 Å². The number of halogens is 1.